The molecule has 6 aromatic rings. The van der Waals surface area contributed by atoms with E-state index in [4.69, 9.17) is 9.73 Å². The number of fused-ring (bicyclic) bond motifs is 2. The van der Waals surface area contributed by atoms with Crippen molar-refractivity contribution >= 4 is 39.9 Å². The minimum Gasteiger partial charge on any atom is -0.504 e. The first-order chi connectivity index (χ1) is 22.9. The number of nitrogens with one attached hydrogen (secondary N) is 1. The number of amides is 1. The molecule has 0 fully saturated rings. The third kappa shape index (κ3) is 5.77. The van der Waals surface area contributed by atoms with Gasteiger partial charge in [0, 0.05) is 34.9 Å². The third-order valence-electron chi connectivity index (χ3n) is 8.20. The van der Waals surface area contributed by atoms with Crippen LogP contribution < -0.4 is 24.9 Å². The number of aromatic hydroxyl groups is 1. The van der Waals surface area contributed by atoms with E-state index in [2.05, 4.69) is 40.3 Å². The molecule has 0 saturated heterocycles. The molecule has 3 heterocycles. The molecule has 9 heteroatoms. The van der Waals surface area contributed by atoms with Crippen LogP contribution in [0.4, 0.5) is 5.69 Å². The lowest BCUT2D eigenvalue weighted by atomic mass is 9.94. The smallest absolute Gasteiger partial charge is 0.271 e. The number of aromatic nitrogens is 2. The highest BCUT2D eigenvalue weighted by molar-refractivity contribution is 7.07. The summed E-state index contributed by atoms with van der Waals surface area (Å²) in [6.07, 6.45) is 3.99. The maximum absolute atomic E-state index is 14.4. The minimum absolute atomic E-state index is 0.0223. The number of nitrogens with zero attached hydrogens (tertiary/aromatic N) is 3. The van der Waals surface area contributed by atoms with Gasteiger partial charge >= 0.3 is 0 Å². The van der Waals surface area contributed by atoms with Gasteiger partial charge in [0.2, 0.25) is 0 Å². The van der Waals surface area contributed by atoms with E-state index in [1.165, 1.54) is 23.0 Å². The molecule has 0 aliphatic carbocycles. The van der Waals surface area contributed by atoms with Crippen molar-refractivity contribution in [1.29, 1.82) is 0 Å². The Kier molecular flexibility index (Phi) is 8.05. The van der Waals surface area contributed by atoms with E-state index in [9.17, 15) is 14.7 Å². The molecule has 47 heavy (non-hydrogen) atoms. The zero-order chi connectivity index (χ0) is 32.5. The van der Waals surface area contributed by atoms with Crippen LogP contribution in [0, 0.1) is 0 Å². The standard InChI is InChI=1S/C38H32N4O4S/c1-3-46-32-20-26(18-19-31(32)43)35-34(36(44)40-28-14-8-5-9-15-28)24(2)39-38-42(35)37(45)33(47-38)21-27-23-41(22-25-12-6-4-7-13-25)30-17-11-10-16-29(27)30/h4-21,23,35,43H,3,22H2,1-2H3,(H,40,44)/b33-21-/t35-/m0/s1. The molecule has 234 valence electrons. The number of phenolic OH excluding ortho intramolecular Hbond substituents is 1. The second kappa shape index (κ2) is 12.6. The minimum atomic E-state index is -0.809. The molecule has 0 saturated carbocycles. The molecule has 7 rings (SSSR count). The Bertz CT molecular complexity index is 2340. The fraction of sp³-hybridized carbons (Fsp3) is 0.132. The summed E-state index contributed by atoms with van der Waals surface area (Å²) in [6, 6.07) is 31.7. The van der Waals surface area contributed by atoms with Crippen LogP contribution in [0.25, 0.3) is 17.0 Å². The summed E-state index contributed by atoms with van der Waals surface area (Å²) in [4.78, 5) is 33.6. The number of carbonyl (C=O) groups is 1. The second-order valence-corrected chi connectivity index (χ2v) is 12.3. The van der Waals surface area contributed by atoms with Crippen molar-refractivity contribution in [3.05, 3.63) is 157 Å². The summed E-state index contributed by atoms with van der Waals surface area (Å²) in [5.74, 6) is -0.117. The molecule has 1 aliphatic heterocycles. The molecule has 2 aromatic heterocycles. The Morgan fingerprint density at radius 2 is 1.72 bits per heavy atom. The van der Waals surface area contributed by atoms with Crippen molar-refractivity contribution in [3.8, 4) is 11.5 Å². The lowest BCUT2D eigenvalue weighted by Crippen LogP contribution is -2.40. The number of phenols is 1. The zero-order valence-corrected chi connectivity index (χ0v) is 26.7. The summed E-state index contributed by atoms with van der Waals surface area (Å²) in [6.45, 7) is 4.65. The van der Waals surface area contributed by atoms with Gasteiger partial charge in [-0.05, 0) is 61.4 Å². The number of para-hydroxylation sites is 2. The van der Waals surface area contributed by atoms with Gasteiger partial charge in [-0.25, -0.2) is 4.99 Å². The van der Waals surface area contributed by atoms with Gasteiger partial charge in [0.25, 0.3) is 11.5 Å². The SMILES string of the molecule is CCOc1cc([C@H]2C(C(=O)Nc3ccccc3)=C(C)N=c3s/c(=C\c4cn(Cc5ccccc5)c5ccccc45)c(=O)n32)ccc1O. The lowest BCUT2D eigenvalue weighted by molar-refractivity contribution is -0.113. The van der Waals surface area contributed by atoms with Crippen molar-refractivity contribution in [2.75, 3.05) is 11.9 Å². The number of anilines is 1. The van der Waals surface area contributed by atoms with Gasteiger partial charge in [0.1, 0.15) is 0 Å². The number of ether oxygens (including phenoxy) is 1. The molecular weight excluding hydrogens is 609 g/mol. The predicted molar refractivity (Wildman–Crippen MR) is 186 cm³/mol. The summed E-state index contributed by atoms with van der Waals surface area (Å²) >= 11 is 1.29. The monoisotopic (exact) mass is 640 g/mol. The van der Waals surface area contributed by atoms with Gasteiger partial charge in [0.15, 0.2) is 16.3 Å². The van der Waals surface area contributed by atoms with E-state index in [0.717, 1.165) is 16.5 Å². The number of hydrogen-bond acceptors (Lipinski definition) is 6. The van der Waals surface area contributed by atoms with Gasteiger partial charge in [0.05, 0.1) is 28.5 Å². The Hall–Kier alpha value is -5.67. The molecule has 0 unspecified atom stereocenters. The Morgan fingerprint density at radius 3 is 2.49 bits per heavy atom. The van der Waals surface area contributed by atoms with Crippen LogP contribution in [0.1, 0.15) is 36.6 Å². The van der Waals surface area contributed by atoms with Crippen LogP contribution in [-0.2, 0) is 11.3 Å². The summed E-state index contributed by atoms with van der Waals surface area (Å²) in [5.41, 5.74) is 4.98. The van der Waals surface area contributed by atoms with Crippen LogP contribution >= 0.6 is 11.3 Å². The summed E-state index contributed by atoms with van der Waals surface area (Å²) in [5, 5.41) is 14.5. The molecular formula is C38H32N4O4S. The van der Waals surface area contributed by atoms with Gasteiger partial charge in [-0.1, -0.05) is 84.1 Å². The third-order valence-corrected chi connectivity index (χ3v) is 9.18. The average molecular weight is 641 g/mol. The molecule has 1 amide bonds. The molecule has 0 bridgehead atoms. The first-order valence-corrected chi connectivity index (χ1v) is 16.2. The van der Waals surface area contributed by atoms with Crippen molar-refractivity contribution < 1.29 is 14.6 Å². The first-order valence-electron chi connectivity index (χ1n) is 15.4. The number of carbonyl (C=O) groups excluding carboxylic acids is 1. The Balaban J connectivity index is 1.38. The number of allylic oxidation sites excluding steroid dienone is 1. The van der Waals surface area contributed by atoms with E-state index in [0.29, 0.717) is 45.0 Å². The predicted octanol–water partition coefficient (Wildman–Crippen LogP) is 5.98. The molecule has 4 aromatic carbocycles. The van der Waals surface area contributed by atoms with E-state index < -0.39 is 6.04 Å². The van der Waals surface area contributed by atoms with Crippen molar-refractivity contribution in [2.45, 2.75) is 26.4 Å². The Morgan fingerprint density at radius 1 is 1.00 bits per heavy atom. The zero-order valence-electron chi connectivity index (χ0n) is 25.9. The van der Waals surface area contributed by atoms with E-state index in [1.807, 2.05) is 61.5 Å². The molecule has 1 aliphatic rings. The number of benzene rings is 4. The molecule has 2 N–H and O–H groups in total. The average Bonchev–Trinajstić information content (AvgIpc) is 3.58. The summed E-state index contributed by atoms with van der Waals surface area (Å²) in [7, 11) is 0. The molecule has 0 spiro atoms. The van der Waals surface area contributed by atoms with Gasteiger partial charge < -0.3 is 19.7 Å². The maximum atomic E-state index is 14.4. The fourth-order valence-electron chi connectivity index (χ4n) is 6.06. The van der Waals surface area contributed by atoms with E-state index in [-0.39, 0.29) is 23.0 Å². The second-order valence-electron chi connectivity index (χ2n) is 11.3. The highest BCUT2D eigenvalue weighted by Crippen LogP contribution is 2.36. The quantitative estimate of drug-likeness (QED) is 0.214. The first kappa shape index (κ1) is 30.0. The molecule has 0 radical (unpaired) electrons. The number of thiazole rings is 1. The van der Waals surface area contributed by atoms with Crippen LogP contribution in [0.3, 0.4) is 0 Å². The summed E-state index contributed by atoms with van der Waals surface area (Å²) < 4.78 is 9.96. The topological polar surface area (TPSA) is 97.9 Å². The van der Waals surface area contributed by atoms with Crippen LogP contribution in [-0.4, -0.2) is 26.8 Å². The van der Waals surface area contributed by atoms with Gasteiger partial charge in [-0.15, -0.1) is 0 Å². The van der Waals surface area contributed by atoms with Crippen molar-refractivity contribution in [1.82, 2.24) is 9.13 Å². The highest BCUT2D eigenvalue weighted by atomic mass is 32.1. The van der Waals surface area contributed by atoms with Gasteiger partial charge in [-0.2, -0.15) is 0 Å². The van der Waals surface area contributed by atoms with Crippen molar-refractivity contribution in [2.24, 2.45) is 4.99 Å². The molecule has 8 nitrogen and oxygen atoms in total. The van der Waals surface area contributed by atoms with E-state index >= 15 is 0 Å². The highest BCUT2D eigenvalue weighted by Gasteiger charge is 2.33. The van der Waals surface area contributed by atoms with Crippen LogP contribution in [0.5, 0.6) is 11.5 Å². The van der Waals surface area contributed by atoms with Crippen molar-refractivity contribution in [3.63, 3.8) is 0 Å². The lowest BCUT2D eigenvalue weighted by Gasteiger charge is -2.26. The number of rotatable bonds is 8. The van der Waals surface area contributed by atoms with Crippen LogP contribution in [0.15, 0.2) is 130 Å². The maximum Gasteiger partial charge on any atom is 0.271 e. The van der Waals surface area contributed by atoms with E-state index in [1.54, 1.807) is 35.8 Å². The molecule has 1 atom stereocenters. The normalized spacial score (nSPS) is 14.6. The van der Waals surface area contributed by atoms with Gasteiger partial charge in [-0.3, -0.25) is 14.2 Å². The fourth-order valence-corrected chi connectivity index (χ4v) is 7.10. The van der Waals surface area contributed by atoms with Crippen LogP contribution in [0.2, 0.25) is 0 Å². The number of hydrogen-bond donors (Lipinski definition) is 2. The largest absolute Gasteiger partial charge is 0.504 e. The Labute approximate surface area is 274 Å².